The highest BCUT2D eigenvalue weighted by atomic mass is 19.1. The Morgan fingerprint density at radius 2 is 1.76 bits per heavy atom. The highest BCUT2D eigenvalue weighted by Crippen LogP contribution is 2.32. The number of aromatic nitrogens is 1. The van der Waals surface area contributed by atoms with E-state index < -0.39 is 11.8 Å². The molecule has 2 heterocycles. The summed E-state index contributed by atoms with van der Waals surface area (Å²) in [6, 6.07) is 18.3. The topological polar surface area (TPSA) is 112 Å². The SMILES string of the molecule is CN1CCN(CC(=O)N(C)c2ccc(N=C(c3cccc(CC(=O)O)c3)c3c(O)[nH]c4cc(F)ccc34)cc2)CC1. The molecule has 41 heavy (non-hydrogen) atoms. The van der Waals surface area contributed by atoms with Crippen molar-refractivity contribution in [1.82, 2.24) is 14.8 Å². The third-order valence-corrected chi connectivity index (χ3v) is 7.34. The number of nitrogens with one attached hydrogen (secondary N) is 1. The van der Waals surface area contributed by atoms with Gasteiger partial charge in [0.05, 0.1) is 35.4 Å². The first-order chi connectivity index (χ1) is 19.7. The number of carbonyl (C=O) groups is 2. The average molecular weight is 558 g/mol. The number of carboxylic acid groups (broad SMARTS) is 1. The molecule has 3 N–H and O–H groups in total. The maximum absolute atomic E-state index is 13.9. The Balaban J connectivity index is 1.48. The second-order valence-electron chi connectivity index (χ2n) is 10.3. The number of halogens is 1. The van der Waals surface area contributed by atoms with E-state index in [9.17, 15) is 24.2 Å². The van der Waals surface area contributed by atoms with Crippen LogP contribution in [0.15, 0.2) is 71.7 Å². The lowest BCUT2D eigenvalue weighted by Gasteiger charge is -2.32. The van der Waals surface area contributed by atoms with Gasteiger partial charge in [-0.15, -0.1) is 0 Å². The monoisotopic (exact) mass is 557 g/mol. The number of fused-ring (bicyclic) bond motifs is 1. The van der Waals surface area contributed by atoms with Crippen molar-refractivity contribution in [2.45, 2.75) is 6.42 Å². The van der Waals surface area contributed by atoms with E-state index in [2.05, 4.69) is 21.8 Å². The smallest absolute Gasteiger partial charge is 0.307 e. The van der Waals surface area contributed by atoms with Crippen molar-refractivity contribution in [3.8, 4) is 5.88 Å². The molecule has 5 rings (SSSR count). The molecule has 4 aromatic rings. The summed E-state index contributed by atoms with van der Waals surface area (Å²) in [6.07, 6.45) is -0.171. The van der Waals surface area contributed by atoms with Gasteiger partial charge < -0.3 is 25.0 Å². The minimum absolute atomic E-state index is 0.00214. The van der Waals surface area contributed by atoms with Crippen LogP contribution in [0, 0.1) is 5.82 Å². The van der Waals surface area contributed by atoms with Gasteiger partial charge in [-0.25, -0.2) is 9.38 Å². The summed E-state index contributed by atoms with van der Waals surface area (Å²) in [7, 11) is 3.83. The summed E-state index contributed by atoms with van der Waals surface area (Å²) in [5, 5.41) is 20.7. The molecular weight excluding hydrogens is 525 g/mol. The average Bonchev–Trinajstić information content (AvgIpc) is 3.27. The van der Waals surface area contributed by atoms with Gasteiger partial charge in [0.1, 0.15) is 5.82 Å². The predicted molar refractivity (Wildman–Crippen MR) is 157 cm³/mol. The van der Waals surface area contributed by atoms with Gasteiger partial charge in [-0.05, 0) is 61.1 Å². The van der Waals surface area contributed by atoms with Gasteiger partial charge in [0, 0.05) is 49.9 Å². The molecule has 0 aliphatic carbocycles. The Hall–Kier alpha value is -4.54. The van der Waals surface area contributed by atoms with Crippen LogP contribution in [0.2, 0.25) is 0 Å². The third-order valence-electron chi connectivity index (χ3n) is 7.34. The highest BCUT2D eigenvalue weighted by molar-refractivity contribution is 6.22. The lowest BCUT2D eigenvalue weighted by molar-refractivity contribution is -0.136. The molecule has 10 heteroatoms. The van der Waals surface area contributed by atoms with Crippen LogP contribution in [-0.2, 0) is 16.0 Å². The number of piperazine rings is 1. The van der Waals surface area contributed by atoms with Gasteiger partial charge >= 0.3 is 5.97 Å². The Kier molecular flexibility index (Phi) is 8.14. The summed E-state index contributed by atoms with van der Waals surface area (Å²) in [4.78, 5) is 38.0. The van der Waals surface area contributed by atoms with Gasteiger partial charge in [-0.2, -0.15) is 0 Å². The number of carbonyl (C=O) groups excluding carboxylic acids is 1. The van der Waals surface area contributed by atoms with E-state index in [1.165, 1.54) is 12.1 Å². The van der Waals surface area contributed by atoms with Crippen molar-refractivity contribution in [2.75, 3.05) is 51.7 Å². The molecule has 1 amide bonds. The Labute approximate surface area is 237 Å². The van der Waals surface area contributed by atoms with Crippen LogP contribution in [0.4, 0.5) is 15.8 Å². The van der Waals surface area contributed by atoms with Crippen molar-refractivity contribution < 1.29 is 24.2 Å². The fourth-order valence-electron chi connectivity index (χ4n) is 4.99. The number of benzene rings is 3. The lowest BCUT2D eigenvalue weighted by Crippen LogP contribution is -2.48. The molecule has 0 spiro atoms. The fraction of sp³-hybridized carbons (Fsp3) is 0.258. The Morgan fingerprint density at radius 3 is 2.46 bits per heavy atom. The zero-order valence-corrected chi connectivity index (χ0v) is 23.0. The molecular formula is C31H32FN5O4. The zero-order chi connectivity index (χ0) is 29.1. The van der Waals surface area contributed by atoms with Crippen LogP contribution >= 0.6 is 0 Å². The number of aliphatic imine (C=N–C) groups is 1. The highest BCUT2D eigenvalue weighted by Gasteiger charge is 2.21. The first-order valence-electron chi connectivity index (χ1n) is 13.4. The van der Waals surface area contributed by atoms with Crippen molar-refractivity contribution >= 4 is 39.9 Å². The Morgan fingerprint density at radius 1 is 1.02 bits per heavy atom. The normalized spacial score (nSPS) is 14.9. The lowest BCUT2D eigenvalue weighted by atomic mass is 9.98. The summed E-state index contributed by atoms with van der Waals surface area (Å²) in [5.41, 5.74) is 3.61. The number of rotatable bonds is 8. The number of aromatic hydroxyl groups is 1. The first-order valence-corrected chi connectivity index (χ1v) is 13.4. The molecule has 0 radical (unpaired) electrons. The van der Waals surface area contributed by atoms with E-state index in [0.29, 0.717) is 45.5 Å². The number of amides is 1. The standard InChI is InChI=1S/C31H32FN5O4/c1-35-12-14-37(15-13-35)19-27(38)36(2)24-9-7-23(8-10-24)33-30(21-5-3-4-20(16-21)17-28(39)40)29-25-11-6-22(32)18-26(25)34-31(29)41/h3-11,16,18,34,41H,12-15,17,19H2,1-2H3,(H,39,40). The summed E-state index contributed by atoms with van der Waals surface area (Å²) in [5.74, 6) is -1.60. The van der Waals surface area contributed by atoms with E-state index in [-0.39, 0.29) is 18.2 Å². The maximum atomic E-state index is 13.9. The van der Waals surface area contributed by atoms with Crippen molar-refractivity contribution in [3.63, 3.8) is 0 Å². The molecule has 0 saturated carbocycles. The quantitative estimate of drug-likeness (QED) is 0.282. The number of nitrogens with zero attached hydrogens (tertiary/aromatic N) is 4. The van der Waals surface area contributed by atoms with E-state index in [1.807, 2.05) is 12.1 Å². The number of aliphatic carboxylic acids is 1. The van der Waals surface area contributed by atoms with Crippen molar-refractivity contribution in [2.24, 2.45) is 4.99 Å². The van der Waals surface area contributed by atoms with Crippen LogP contribution in [0.3, 0.4) is 0 Å². The molecule has 1 aromatic heterocycles. The van der Waals surface area contributed by atoms with Gasteiger partial charge in [-0.1, -0.05) is 18.2 Å². The molecule has 1 aliphatic heterocycles. The number of hydrogen-bond donors (Lipinski definition) is 3. The third kappa shape index (κ3) is 6.45. The van der Waals surface area contributed by atoms with Gasteiger partial charge in [0.2, 0.25) is 5.91 Å². The largest absolute Gasteiger partial charge is 0.494 e. The number of hydrogen-bond acceptors (Lipinski definition) is 6. The second kappa shape index (κ2) is 11.9. The van der Waals surface area contributed by atoms with Crippen LogP contribution in [0.1, 0.15) is 16.7 Å². The molecule has 3 aromatic carbocycles. The molecule has 1 aliphatic rings. The summed E-state index contributed by atoms with van der Waals surface area (Å²) < 4.78 is 13.9. The Bertz CT molecular complexity index is 1610. The minimum atomic E-state index is -0.965. The molecule has 0 bridgehead atoms. The number of anilines is 1. The fourth-order valence-corrected chi connectivity index (χ4v) is 4.99. The molecule has 9 nitrogen and oxygen atoms in total. The first kappa shape index (κ1) is 28.0. The number of aromatic amines is 1. The zero-order valence-electron chi connectivity index (χ0n) is 23.0. The van der Waals surface area contributed by atoms with E-state index >= 15 is 0 Å². The van der Waals surface area contributed by atoms with E-state index in [0.717, 1.165) is 31.9 Å². The molecule has 212 valence electrons. The van der Waals surface area contributed by atoms with Crippen molar-refractivity contribution in [1.29, 1.82) is 0 Å². The van der Waals surface area contributed by atoms with Gasteiger partial charge in [-0.3, -0.25) is 14.5 Å². The number of likely N-dealkylation sites (N-methyl/N-ethyl adjacent to an activating group) is 2. The van der Waals surface area contributed by atoms with Crippen LogP contribution in [0.25, 0.3) is 10.9 Å². The van der Waals surface area contributed by atoms with Gasteiger partial charge in [0.15, 0.2) is 5.88 Å². The van der Waals surface area contributed by atoms with Crippen LogP contribution in [0.5, 0.6) is 5.88 Å². The molecule has 1 fully saturated rings. The number of H-pyrrole nitrogens is 1. The summed E-state index contributed by atoms with van der Waals surface area (Å²) >= 11 is 0. The van der Waals surface area contributed by atoms with Crippen LogP contribution in [-0.4, -0.2) is 89.4 Å². The maximum Gasteiger partial charge on any atom is 0.307 e. The molecule has 1 saturated heterocycles. The minimum Gasteiger partial charge on any atom is -0.494 e. The van der Waals surface area contributed by atoms with Gasteiger partial charge in [0.25, 0.3) is 0 Å². The second-order valence-corrected chi connectivity index (χ2v) is 10.3. The number of carboxylic acids is 1. The molecule has 0 unspecified atom stereocenters. The van der Waals surface area contributed by atoms with E-state index in [1.54, 1.807) is 54.4 Å². The predicted octanol–water partition coefficient (Wildman–Crippen LogP) is 4.02. The summed E-state index contributed by atoms with van der Waals surface area (Å²) in [6.45, 7) is 3.93. The van der Waals surface area contributed by atoms with Crippen molar-refractivity contribution in [3.05, 3.63) is 89.2 Å². The van der Waals surface area contributed by atoms with E-state index in [4.69, 9.17) is 4.99 Å². The molecule has 0 atom stereocenters. The van der Waals surface area contributed by atoms with Crippen LogP contribution < -0.4 is 4.90 Å².